The third kappa shape index (κ3) is 3.35. The predicted molar refractivity (Wildman–Crippen MR) is 108 cm³/mol. The fourth-order valence-corrected chi connectivity index (χ4v) is 4.05. The Labute approximate surface area is 173 Å². The first kappa shape index (κ1) is 20.1. The zero-order chi connectivity index (χ0) is 21.4. The summed E-state index contributed by atoms with van der Waals surface area (Å²) in [4.78, 5) is 26.8. The van der Waals surface area contributed by atoms with Crippen LogP contribution in [0.4, 0.5) is 4.39 Å². The van der Waals surface area contributed by atoms with Gasteiger partial charge >= 0.3 is 0 Å². The molecule has 0 spiro atoms. The van der Waals surface area contributed by atoms with Crippen molar-refractivity contribution in [3.63, 3.8) is 0 Å². The number of aliphatic hydroxyl groups excluding tert-OH is 1. The first-order valence-electron chi connectivity index (χ1n) is 9.74. The quantitative estimate of drug-likeness (QED) is 0.465. The van der Waals surface area contributed by atoms with Crippen molar-refractivity contribution < 1.29 is 28.6 Å². The Bertz CT molecular complexity index is 1050. The van der Waals surface area contributed by atoms with E-state index in [1.165, 1.54) is 30.2 Å². The van der Waals surface area contributed by atoms with Gasteiger partial charge in [-0.3, -0.25) is 9.59 Å². The number of likely N-dealkylation sites (tertiary alicyclic amines) is 1. The first-order valence-corrected chi connectivity index (χ1v) is 9.74. The van der Waals surface area contributed by atoms with Crippen molar-refractivity contribution in [3.8, 4) is 5.75 Å². The third-order valence-electron chi connectivity index (χ3n) is 5.45. The molecule has 7 heteroatoms. The minimum Gasteiger partial charge on any atom is -0.507 e. The number of nitrogens with zero attached hydrogens (tertiary/aromatic N) is 1. The number of fused-ring (bicyclic) bond motifs is 1. The number of carbonyl (C=O) groups excluding carboxylic acids is 2. The highest BCUT2D eigenvalue weighted by Crippen LogP contribution is 2.41. The second-order valence-corrected chi connectivity index (χ2v) is 7.46. The maximum absolute atomic E-state index is 14.7. The van der Waals surface area contributed by atoms with Crippen LogP contribution in [-0.2, 0) is 20.7 Å². The number of benzene rings is 2. The number of hydrogen-bond acceptors (Lipinski definition) is 5. The van der Waals surface area contributed by atoms with Gasteiger partial charge in [-0.1, -0.05) is 18.2 Å². The minimum absolute atomic E-state index is 0.0236. The lowest BCUT2D eigenvalue weighted by molar-refractivity contribution is -0.140. The molecule has 1 fully saturated rings. The normalized spacial score (nSPS) is 22.3. The standard InChI is InChI=1S/C23H22FNO5/c1-13-11-15-12-14(7-8-18(15)30-13)21(26)19-20(16-5-3-4-6-17(16)24)25(9-10-29-2)23(28)22(19)27/h3-8,12-13,20,26H,9-11H2,1-2H3/b21-19+/t13-,20+/m0/s1. The average molecular weight is 411 g/mol. The summed E-state index contributed by atoms with van der Waals surface area (Å²) in [6, 6.07) is 10.0. The van der Waals surface area contributed by atoms with Gasteiger partial charge in [-0.05, 0) is 36.8 Å². The Morgan fingerprint density at radius 1 is 1.27 bits per heavy atom. The van der Waals surface area contributed by atoms with Gasteiger partial charge in [0, 0.05) is 31.2 Å². The Kier molecular flexibility index (Phi) is 5.30. The molecule has 2 aromatic rings. The third-order valence-corrected chi connectivity index (χ3v) is 5.45. The van der Waals surface area contributed by atoms with Crippen LogP contribution in [0, 0.1) is 5.82 Å². The van der Waals surface area contributed by atoms with Crippen LogP contribution in [0.25, 0.3) is 5.76 Å². The van der Waals surface area contributed by atoms with Crippen LogP contribution in [0.2, 0.25) is 0 Å². The predicted octanol–water partition coefficient (Wildman–Crippen LogP) is 3.22. The van der Waals surface area contributed by atoms with Gasteiger partial charge < -0.3 is 19.5 Å². The van der Waals surface area contributed by atoms with Gasteiger partial charge in [0.15, 0.2) is 0 Å². The summed E-state index contributed by atoms with van der Waals surface area (Å²) in [5.41, 5.74) is 1.31. The maximum atomic E-state index is 14.7. The highest BCUT2D eigenvalue weighted by Gasteiger charge is 2.46. The second kappa shape index (κ2) is 7.91. The molecule has 2 atom stereocenters. The van der Waals surface area contributed by atoms with Gasteiger partial charge in [0.1, 0.15) is 23.4 Å². The number of methoxy groups -OCH3 is 1. The summed E-state index contributed by atoms with van der Waals surface area (Å²) in [6.07, 6.45) is 0.700. The van der Waals surface area contributed by atoms with Crippen LogP contribution in [0.3, 0.4) is 0 Å². The number of ketones is 1. The summed E-state index contributed by atoms with van der Waals surface area (Å²) >= 11 is 0. The molecule has 0 bridgehead atoms. The van der Waals surface area contributed by atoms with E-state index in [-0.39, 0.29) is 36.2 Å². The molecule has 0 unspecified atom stereocenters. The van der Waals surface area contributed by atoms with Crippen molar-refractivity contribution in [3.05, 3.63) is 70.5 Å². The molecule has 2 heterocycles. The smallest absolute Gasteiger partial charge is 0.295 e. The van der Waals surface area contributed by atoms with Crippen molar-refractivity contribution in [2.45, 2.75) is 25.5 Å². The zero-order valence-electron chi connectivity index (χ0n) is 16.7. The fraction of sp³-hybridized carbons (Fsp3) is 0.304. The molecule has 2 aliphatic heterocycles. The molecule has 0 aliphatic carbocycles. The van der Waals surface area contributed by atoms with Crippen LogP contribution in [-0.4, -0.2) is 48.1 Å². The van der Waals surface area contributed by atoms with E-state index in [1.54, 1.807) is 24.3 Å². The van der Waals surface area contributed by atoms with E-state index >= 15 is 0 Å². The van der Waals surface area contributed by atoms with Gasteiger partial charge in [-0.25, -0.2) is 4.39 Å². The van der Waals surface area contributed by atoms with Crippen LogP contribution >= 0.6 is 0 Å². The SMILES string of the molecule is COCCN1C(=O)C(=O)/C(=C(/O)c2ccc3c(c2)C[C@H](C)O3)[C@H]1c1ccccc1F. The van der Waals surface area contributed by atoms with Crippen LogP contribution in [0.5, 0.6) is 5.75 Å². The number of carbonyl (C=O) groups is 2. The molecule has 2 aliphatic rings. The van der Waals surface area contributed by atoms with Crippen molar-refractivity contribution in [1.82, 2.24) is 4.90 Å². The number of rotatable bonds is 5. The Morgan fingerprint density at radius 3 is 2.77 bits per heavy atom. The minimum atomic E-state index is -1.04. The van der Waals surface area contributed by atoms with E-state index in [1.807, 2.05) is 6.92 Å². The number of Topliss-reactive ketones (excluding diaryl/α,β-unsaturated/α-hetero) is 1. The summed E-state index contributed by atoms with van der Waals surface area (Å²) < 4.78 is 25.4. The fourth-order valence-electron chi connectivity index (χ4n) is 4.05. The Balaban J connectivity index is 1.85. The number of halogens is 1. The molecule has 1 N–H and O–H groups in total. The van der Waals surface area contributed by atoms with Crippen molar-refractivity contribution >= 4 is 17.4 Å². The highest BCUT2D eigenvalue weighted by molar-refractivity contribution is 6.46. The summed E-state index contributed by atoms with van der Waals surface area (Å²) in [6.45, 7) is 2.21. The number of aliphatic hydroxyl groups is 1. The number of hydrogen-bond donors (Lipinski definition) is 1. The molecule has 30 heavy (non-hydrogen) atoms. The van der Waals surface area contributed by atoms with E-state index < -0.39 is 23.5 Å². The van der Waals surface area contributed by atoms with E-state index in [0.717, 1.165) is 11.3 Å². The van der Waals surface area contributed by atoms with Gasteiger partial charge in [0.25, 0.3) is 11.7 Å². The molecule has 2 aromatic carbocycles. The zero-order valence-corrected chi connectivity index (χ0v) is 16.7. The molecule has 6 nitrogen and oxygen atoms in total. The average Bonchev–Trinajstić information content (AvgIpc) is 3.22. The lowest BCUT2D eigenvalue weighted by Crippen LogP contribution is -2.33. The molecular formula is C23H22FNO5. The summed E-state index contributed by atoms with van der Waals surface area (Å²) in [5, 5.41) is 11.1. The van der Waals surface area contributed by atoms with Crippen LogP contribution < -0.4 is 4.74 Å². The molecule has 4 rings (SSSR count). The molecular weight excluding hydrogens is 389 g/mol. The van der Waals surface area contributed by atoms with Crippen LogP contribution in [0.1, 0.15) is 29.7 Å². The first-order chi connectivity index (χ1) is 14.4. The lowest BCUT2D eigenvalue weighted by atomic mass is 9.94. The largest absolute Gasteiger partial charge is 0.507 e. The molecule has 0 aromatic heterocycles. The van der Waals surface area contributed by atoms with E-state index in [9.17, 15) is 19.1 Å². The van der Waals surface area contributed by atoms with E-state index in [4.69, 9.17) is 9.47 Å². The van der Waals surface area contributed by atoms with Gasteiger partial charge in [0.05, 0.1) is 18.2 Å². The Morgan fingerprint density at radius 2 is 2.03 bits per heavy atom. The van der Waals surface area contributed by atoms with Crippen molar-refractivity contribution in [1.29, 1.82) is 0 Å². The summed E-state index contributed by atoms with van der Waals surface area (Å²) in [5.74, 6) is -1.80. The summed E-state index contributed by atoms with van der Waals surface area (Å²) in [7, 11) is 1.47. The van der Waals surface area contributed by atoms with Gasteiger partial charge in [-0.2, -0.15) is 0 Å². The molecule has 1 amide bonds. The maximum Gasteiger partial charge on any atom is 0.295 e. The Hall–Kier alpha value is -3.19. The number of amides is 1. The topological polar surface area (TPSA) is 76.1 Å². The van der Waals surface area contributed by atoms with Crippen LogP contribution in [0.15, 0.2) is 48.0 Å². The number of ether oxygens (including phenoxy) is 2. The molecule has 1 saturated heterocycles. The van der Waals surface area contributed by atoms with Gasteiger partial charge in [0.2, 0.25) is 0 Å². The molecule has 156 valence electrons. The highest BCUT2D eigenvalue weighted by atomic mass is 19.1. The monoisotopic (exact) mass is 411 g/mol. The van der Waals surface area contributed by atoms with Crippen molar-refractivity contribution in [2.24, 2.45) is 0 Å². The lowest BCUT2D eigenvalue weighted by Gasteiger charge is -2.25. The van der Waals surface area contributed by atoms with Gasteiger partial charge in [-0.15, -0.1) is 0 Å². The van der Waals surface area contributed by atoms with Crippen molar-refractivity contribution in [2.75, 3.05) is 20.3 Å². The van der Waals surface area contributed by atoms with E-state index in [0.29, 0.717) is 12.0 Å². The second-order valence-electron chi connectivity index (χ2n) is 7.46. The molecule has 0 radical (unpaired) electrons. The van der Waals surface area contributed by atoms with E-state index in [2.05, 4.69) is 0 Å². The molecule has 0 saturated carbocycles.